The van der Waals surface area contributed by atoms with Crippen molar-refractivity contribution in [2.45, 2.75) is 39.7 Å². The number of ketones is 1. The van der Waals surface area contributed by atoms with Crippen molar-refractivity contribution in [2.24, 2.45) is 0 Å². The van der Waals surface area contributed by atoms with Crippen LogP contribution in [0.2, 0.25) is 0 Å². The number of nitrogens with one attached hydrogen (secondary N) is 1. The lowest BCUT2D eigenvalue weighted by molar-refractivity contribution is -0.148. The zero-order chi connectivity index (χ0) is 21.7. The van der Waals surface area contributed by atoms with Gasteiger partial charge in [-0.05, 0) is 43.2 Å². The summed E-state index contributed by atoms with van der Waals surface area (Å²) < 4.78 is 5.05. The molecule has 1 heterocycles. The predicted octanol–water partition coefficient (Wildman–Crippen LogP) is 4.90. The molecule has 30 heavy (non-hydrogen) atoms. The van der Waals surface area contributed by atoms with Crippen LogP contribution < -0.4 is 5.32 Å². The Morgan fingerprint density at radius 3 is 2.50 bits per heavy atom. The number of hydrogen-bond donors (Lipinski definition) is 1. The number of carbonyl (C=O) groups is 3. The number of fused-ring (bicyclic) bond motifs is 1. The first-order valence-electron chi connectivity index (χ1n) is 9.88. The van der Waals surface area contributed by atoms with Crippen molar-refractivity contribution in [2.75, 3.05) is 6.61 Å². The highest BCUT2D eigenvalue weighted by Gasteiger charge is 2.16. The van der Waals surface area contributed by atoms with Gasteiger partial charge in [0.1, 0.15) is 0 Å². The van der Waals surface area contributed by atoms with Crippen LogP contribution in [0.15, 0.2) is 48.5 Å². The van der Waals surface area contributed by atoms with Gasteiger partial charge >= 0.3 is 5.97 Å². The second kappa shape index (κ2) is 9.67. The van der Waals surface area contributed by atoms with Crippen LogP contribution in [0.3, 0.4) is 0 Å². The second-order valence-electron chi connectivity index (χ2n) is 7.27. The Balaban J connectivity index is 1.47. The Kier molecular flexibility index (Phi) is 7.00. The first-order valence-corrected chi connectivity index (χ1v) is 10.7. The van der Waals surface area contributed by atoms with Crippen molar-refractivity contribution < 1.29 is 19.1 Å². The molecular formula is C24H25NO4S. The first kappa shape index (κ1) is 21.7. The lowest BCUT2D eigenvalue weighted by atomic mass is 10.00. The molecule has 5 nitrogen and oxygen atoms in total. The van der Waals surface area contributed by atoms with Crippen molar-refractivity contribution in [1.82, 2.24) is 5.32 Å². The predicted molar refractivity (Wildman–Crippen MR) is 119 cm³/mol. The Bertz CT molecular complexity index is 1080. The quantitative estimate of drug-likeness (QED) is 0.413. The van der Waals surface area contributed by atoms with E-state index in [2.05, 4.69) is 5.32 Å². The van der Waals surface area contributed by atoms with Crippen LogP contribution >= 0.6 is 11.3 Å². The lowest BCUT2D eigenvalue weighted by Crippen LogP contribution is -2.31. The molecule has 0 aliphatic heterocycles. The molecular weight excluding hydrogens is 398 g/mol. The molecule has 1 atom stereocenters. The van der Waals surface area contributed by atoms with Gasteiger partial charge in [-0.25, -0.2) is 0 Å². The van der Waals surface area contributed by atoms with Crippen LogP contribution in [0.4, 0.5) is 0 Å². The number of benzene rings is 2. The number of aryl methyl sites for hydroxylation is 2. The van der Waals surface area contributed by atoms with Gasteiger partial charge in [-0.1, -0.05) is 42.5 Å². The number of esters is 1. The van der Waals surface area contributed by atoms with Crippen LogP contribution in [0.1, 0.15) is 51.5 Å². The van der Waals surface area contributed by atoms with E-state index >= 15 is 0 Å². The van der Waals surface area contributed by atoms with Crippen LogP contribution in [0.25, 0.3) is 10.8 Å². The van der Waals surface area contributed by atoms with Crippen molar-refractivity contribution in [3.05, 3.63) is 69.4 Å². The van der Waals surface area contributed by atoms with Gasteiger partial charge in [0.05, 0.1) is 12.5 Å². The largest absolute Gasteiger partial charge is 0.456 e. The van der Waals surface area contributed by atoms with Crippen molar-refractivity contribution in [3.8, 4) is 0 Å². The highest BCUT2D eigenvalue weighted by Crippen LogP contribution is 2.24. The average Bonchev–Trinajstić information content (AvgIpc) is 3.08. The fourth-order valence-electron chi connectivity index (χ4n) is 3.47. The number of Topliss-reactive ketones (excluding diaryl/α,β-unsaturated/α-hetero) is 1. The van der Waals surface area contributed by atoms with Crippen LogP contribution in [0.5, 0.6) is 0 Å². The maximum absolute atomic E-state index is 12.3. The molecule has 0 saturated carbocycles. The Hall–Kier alpha value is -2.99. The van der Waals surface area contributed by atoms with E-state index in [1.54, 1.807) is 11.3 Å². The zero-order valence-electron chi connectivity index (χ0n) is 17.4. The summed E-state index contributed by atoms with van der Waals surface area (Å²) in [5.41, 5.74) is 1.66. The molecule has 3 rings (SSSR count). The van der Waals surface area contributed by atoms with Crippen LogP contribution in [-0.4, -0.2) is 24.3 Å². The van der Waals surface area contributed by atoms with Gasteiger partial charge in [-0.2, -0.15) is 0 Å². The highest BCUT2D eigenvalue weighted by atomic mass is 32.1. The van der Waals surface area contributed by atoms with Crippen molar-refractivity contribution in [3.63, 3.8) is 0 Å². The number of ether oxygens (including phenoxy) is 1. The fraction of sp³-hybridized carbons (Fsp3) is 0.292. The van der Waals surface area contributed by atoms with Gasteiger partial charge in [0.15, 0.2) is 12.4 Å². The summed E-state index contributed by atoms with van der Waals surface area (Å²) in [6.07, 6.45) is 0.0309. The molecule has 1 N–H and O–H groups in total. The SMILES string of the molecule is Cc1cc(C(=O)CCC(=O)OCC(=O)N[C@H](C)c2cccc3ccccc23)c(C)s1. The minimum absolute atomic E-state index is 0.0423. The smallest absolute Gasteiger partial charge is 0.306 e. The maximum atomic E-state index is 12.3. The molecule has 2 aromatic carbocycles. The van der Waals surface area contributed by atoms with Gasteiger partial charge < -0.3 is 10.1 Å². The molecule has 0 radical (unpaired) electrons. The first-order chi connectivity index (χ1) is 14.3. The average molecular weight is 424 g/mol. The molecule has 0 spiro atoms. The van der Waals surface area contributed by atoms with E-state index < -0.39 is 5.97 Å². The van der Waals surface area contributed by atoms with Gasteiger partial charge in [0.25, 0.3) is 5.91 Å². The summed E-state index contributed by atoms with van der Waals surface area (Å²) in [7, 11) is 0. The number of amides is 1. The van der Waals surface area contributed by atoms with Gasteiger partial charge in [-0.15, -0.1) is 11.3 Å². The normalized spacial score (nSPS) is 11.8. The molecule has 0 unspecified atom stereocenters. The zero-order valence-corrected chi connectivity index (χ0v) is 18.2. The number of carbonyl (C=O) groups excluding carboxylic acids is 3. The third-order valence-electron chi connectivity index (χ3n) is 4.93. The van der Waals surface area contributed by atoms with Crippen molar-refractivity contribution in [1.29, 1.82) is 0 Å². The maximum Gasteiger partial charge on any atom is 0.306 e. The highest BCUT2D eigenvalue weighted by molar-refractivity contribution is 7.12. The summed E-state index contributed by atoms with van der Waals surface area (Å²) >= 11 is 1.56. The molecule has 0 aliphatic carbocycles. The van der Waals surface area contributed by atoms with E-state index in [9.17, 15) is 14.4 Å². The molecule has 1 aromatic heterocycles. The fourth-order valence-corrected chi connectivity index (χ4v) is 4.41. The second-order valence-corrected chi connectivity index (χ2v) is 8.73. The molecule has 0 aliphatic rings. The number of hydrogen-bond acceptors (Lipinski definition) is 5. The summed E-state index contributed by atoms with van der Waals surface area (Å²) in [5, 5.41) is 5.03. The van der Waals surface area contributed by atoms with E-state index in [0.717, 1.165) is 26.1 Å². The minimum atomic E-state index is -0.555. The summed E-state index contributed by atoms with van der Waals surface area (Å²) in [4.78, 5) is 38.4. The van der Waals surface area contributed by atoms with Gasteiger partial charge in [0.2, 0.25) is 0 Å². The molecule has 0 fully saturated rings. The Morgan fingerprint density at radius 2 is 1.77 bits per heavy atom. The summed E-state index contributed by atoms with van der Waals surface area (Å²) in [5.74, 6) is -1.01. The monoisotopic (exact) mass is 423 g/mol. The molecule has 156 valence electrons. The topological polar surface area (TPSA) is 72.5 Å². The lowest BCUT2D eigenvalue weighted by Gasteiger charge is -2.16. The van der Waals surface area contributed by atoms with E-state index in [1.807, 2.05) is 69.3 Å². The van der Waals surface area contributed by atoms with Crippen LogP contribution in [0, 0.1) is 13.8 Å². The molecule has 6 heteroatoms. The summed E-state index contributed by atoms with van der Waals surface area (Å²) in [6.45, 7) is 5.37. The Labute approximate surface area is 180 Å². The van der Waals surface area contributed by atoms with E-state index in [1.165, 1.54) is 0 Å². The molecule has 1 amide bonds. The van der Waals surface area contributed by atoms with E-state index in [4.69, 9.17) is 4.74 Å². The third kappa shape index (κ3) is 5.33. The number of rotatable bonds is 8. The minimum Gasteiger partial charge on any atom is -0.456 e. The van der Waals surface area contributed by atoms with E-state index in [0.29, 0.717) is 5.56 Å². The standard InChI is InChI=1S/C24H25NO4S/c1-15-13-21(17(3)30-15)22(26)11-12-24(28)29-14-23(27)25-16(2)19-10-6-8-18-7-4-5-9-20(18)19/h4-10,13,16H,11-12,14H2,1-3H3,(H,25,27)/t16-/m1/s1. The van der Waals surface area contributed by atoms with Gasteiger partial charge in [0, 0.05) is 21.7 Å². The van der Waals surface area contributed by atoms with Crippen molar-refractivity contribution >= 4 is 39.8 Å². The third-order valence-corrected chi connectivity index (χ3v) is 5.90. The number of thiophene rings is 1. The molecule has 0 bridgehead atoms. The van der Waals surface area contributed by atoms with Gasteiger partial charge in [-0.3, -0.25) is 14.4 Å². The van der Waals surface area contributed by atoms with E-state index in [-0.39, 0.29) is 37.2 Å². The Morgan fingerprint density at radius 1 is 1.03 bits per heavy atom. The molecule has 0 saturated heterocycles. The summed E-state index contributed by atoms with van der Waals surface area (Å²) in [6, 6.07) is 15.5. The van der Waals surface area contributed by atoms with Crippen LogP contribution in [-0.2, 0) is 14.3 Å². The molecule has 3 aromatic rings.